The number of halogens is 1. The molecule has 1 fully saturated rings. The minimum Gasteiger partial charge on any atom is -0.389 e. The number of hydrogen-bond acceptors (Lipinski definition) is 7. The minimum absolute atomic E-state index is 0.0300. The first-order valence-electron chi connectivity index (χ1n) is 11.5. The van der Waals surface area contributed by atoms with Gasteiger partial charge in [-0.25, -0.2) is 4.79 Å². The second kappa shape index (κ2) is 12.3. The molecule has 1 aliphatic carbocycles. The maximum Gasteiger partial charge on any atom is 0.352 e. The van der Waals surface area contributed by atoms with Crippen LogP contribution in [0.3, 0.4) is 0 Å². The van der Waals surface area contributed by atoms with Crippen LogP contribution in [0.15, 0.2) is 34.0 Å². The van der Waals surface area contributed by atoms with Gasteiger partial charge in [0.25, 0.3) is 11.5 Å². The van der Waals surface area contributed by atoms with Crippen molar-refractivity contribution in [2.24, 2.45) is 5.92 Å². The van der Waals surface area contributed by atoms with Crippen molar-refractivity contribution < 1.29 is 19.7 Å². The maximum absolute atomic E-state index is 12.9. The highest BCUT2D eigenvalue weighted by atomic mass is 35.5. The van der Waals surface area contributed by atoms with Crippen molar-refractivity contribution >= 4 is 17.5 Å². The maximum atomic E-state index is 12.9. The van der Waals surface area contributed by atoms with Gasteiger partial charge < -0.3 is 20.3 Å². The largest absolute Gasteiger partial charge is 0.389 e. The molecule has 2 atom stereocenters. The van der Waals surface area contributed by atoms with Crippen LogP contribution in [0.5, 0.6) is 0 Å². The van der Waals surface area contributed by atoms with E-state index < -0.39 is 29.5 Å². The summed E-state index contributed by atoms with van der Waals surface area (Å²) in [6.07, 6.45) is 6.03. The van der Waals surface area contributed by atoms with E-state index in [2.05, 4.69) is 10.4 Å². The van der Waals surface area contributed by atoms with Crippen molar-refractivity contribution in [3.63, 3.8) is 0 Å². The molecule has 2 aromatic rings. The fraction of sp³-hybridized carbons (Fsp3) is 0.565. The average molecular weight is 495 g/mol. The SMILES string of the molecule is COCC(O)Cn1c(=O)cnn(-c2ccc(Cl)c(C(=O)NC(O)C3CCCCCCC3)c2)c1=O. The predicted octanol–water partition coefficient (Wildman–Crippen LogP) is 1.46. The summed E-state index contributed by atoms with van der Waals surface area (Å²) in [5.74, 6) is -0.601. The van der Waals surface area contributed by atoms with Crippen LogP contribution in [0.2, 0.25) is 5.02 Å². The van der Waals surface area contributed by atoms with E-state index >= 15 is 0 Å². The molecule has 0 saturated heterocycles. The van der Waals surface area contributed by atoms with Crippen LogP contribution in [0.4, 0.5) is 0 Å². The molecule has 11 heteroatoms. The van der Waals surface area contributed by atoms with E-state index in [1.807, 2.05) is 0 Å². The van der Waals surface area contributed by atoms with E-state index in [0.29, 0.717) is 0 Å². The second-order valence-electron chi connectivity index (χ2n) is 8.58. The molecule has 1 aromatic carbocycles. The molecule has 0 spiro atoms. The summed E-state index contributed by atoms with van der Waals surface area (Å²) in [4.78, 5) is 37.9. The fourth-order valence-electron chi connectivity index (χ4n) is 4.19. The van der Waals surface area contributed by atoms with E-state index in [4.69, 9.17) is 16.3 Å². The summed E-state index contributed by atoms with van der Waals surface area (Å²) in [6.45, 7) is -0.328. The standard InChI is InChI=1S/C23H31ClN4O6/c1-34-14-17(29)13-27-20(30)12-25-28(23(27)33)16-9-10-19(24)18(11-16)22(32)26-21(31)15-7-5-3-2-4-6-8-15/h9-12,15,17,21,29,31H,2-8,13-14H2,1H3,(H,26,32). The van der Waals surface area contributed by atoms with Gasteiger partial charge in [0, 0.05) is 13.0 Å². The topological polar surface area (TPSA) is 136 Å². The van der Waals surface area contributed by atoms with Crippen molar-refractivity contribution in [1.29, 1.82) is 0 Å². The van der Waals surface area contributed by atoms with Gasteiger partial charge in [-0.15, -0.1) is 0 Å². The lowest BCUT2D eigenvalue weighted by molar-refractivity contribution is 0.0497. The van der Waals surface area contributed by atoms with Crippen LogP contribution in [0.1, 0.15) is 55.3 Å². The lowest BCUT2D eigenvalue weighted by Crippen LogP contribution is -2.43. The van der Waals surface area contributed by atoms with Crippen LogP contribution in [0.25, 0.3) is 5.69 Å². The van der Waals surface area contributed by atoms with E-state index in [0.717, 1.165) is 54.0 Å². The molecule has 1 aliphatic rings. The van der Waals surface area contributed by atoms with Gasteiger partial charge in [-0.05, 0) is 31.0 Å². The van der Waals surface area contributed by atoms with Gasteiger partial charge in [-0.2, -0.15) is 9.78 Å². The average Bonchev–Trinajstić information content (AvgIpc) is 2.77. The number of carbonyl (C=O) groups excluding carboxylic acids is 1. The van der Waals surface area contributed by atoms with Gasteiger partial charge >= 0.3 is 5.69 Å². The van der Waals surface area contributed by atoms with Crippen molar-refractivity contribution in [2.45, 2.75) is 63.8 Å². The molecule has 186 valence electrons. The smallest absolute Gasteiger partial charge is 0.352 e. The molecule has 34 heavy (non-hydrogen) atoms. The number of aromatic nitrogens is 3. The first kappa shape index (κ1) is 26.1. The Labute approximate surface area is 202 Å². The number of carbonyl (C=O) groups is 1. The molecule has 0 bridgehead atoms. The predicted molar refractivity (Wildman–Crippen MR) is 126 cm³/mol. The molecule has 10 nitrogen and oxygen atoms in total. The first-order chi connectivity index (χ1) is 16.3. The zero-order valence-corrected chi connectivity index (χ0v) is 19.9. The van der Waals surface area contributed by atoms with E-state index in [1.165, 1.54) is 31.7 Å². The quantitative estimate of drug-likeness (QED) is 0.473. The van der Waals surface area contributed by atoms with Gasteiger partial charge in [-0.1, -0.05) is 43.7 Å². The Hall–Kier alpha value is -2.53. The molecule has 1 saturated carbocycles. The third kappa shape index (κ3) is 6.53. The lowest BCUT2D eigenvalue weighted by Gasteiger charge is -2.25. The van der Waals surface area contributed by atoms with Crippen LogP contribution >= 0.6 is 11.6 Å². The Kier molecular flexibility index (Phi) is 9.40. The molecule has 2 unspecified atom stereocenters. The number of hydrogen-bond donors (Lipinski definition) is 3. The molecular weight excluding hydrogens is 464 g/mol. The minimum atomic E-state index is -1.06. The number of aliphatic hydroxyl groups is 2. The van der Waals surface area contributed by atoms with Gasteiger partial charge in [0.05, 0.1) is 35.5 Å². The second-order valence-corrected chi connectivity index (χ2v) is 8.99. The Morgan fingerprint density at radius 1 is 1.21 bits per heavy atom. The Balaban J connectivity index is 1.84. The van der Waals surface area contributed by atoms with Crippen LogP contribution in [-0.4, -0.2) is 56.5 Å². The molecule has 1 heterocycles. The van der Waals surface area contributed by atoms with Gasteiger partial charge in [-0.3, -0.25) is 14.2 Å². The Morgan fingerprint density at radius 2 is 1.88 bits per heavy atom. The van der Waals surface area contributed by atoms with Crippen LogP contribution in [-0.2, 0) is 11.3 Å². The molecule has 0 radical (unpaired) electrons. The number of amides is 1. The van der Waals surface area contributed by atoms with E-state index in [9.17, 15) is 24.6 Å². The van der Waals surface area contributed by atoms with E-state index in [-0.39, 0.29) is 35.3 Å². The summed E-state index contributed by atoms with van der Waals surface area (Å²) in [5, 5.41) is 27.2. The van der Waals surface area contributed by atoms with Crippen molar-refractivity contribution in [1.82, 2.24) is 19.7 Å². The lowest BCUT2D eigenvalue weighted by atomic mass is 9.90. The Morgan fingerprint density at radius 3 is 2.56 bits per heavy atom. The number of aliphatic hydroxyl groups excluding tert-OH is 2. The number of nitrogens with one attached hydrogen (secondary N) is 1. The van der Waals surface area contributed by atoms with Gasteiger partial charge in [0.2, 0.25) is 0 Å². The van der Waals surface area contributed by atoms with Gasteiger partial charge in [0.1, 0.15) is 12.4 Å². The summed E-state index contributed by atoms with van der Waals surface area (Å²) in [7, 11) is 1.39. The molecule has 3 N–H and O–H groups in total. The molecule has 0 aliphatic heterocycles. The molecule has 3 rings (SSSR count). The number of methoxy groups -OCH3 is 1. The highest BCUT2D eigenvalue weighted by molar-refractivity contribution is 6.33. The zero-order valence-electron chi connectivity index (χ0n) is 19.2. The van der Waals surface area contributed by atoms with Crippen molar-refractivity contribution in [3.05, 3.63) is 55.8 Å². The summed E-state index contributed by atoms with van der Waals surface area (Å²) in [6, 6.07) is 4.30. The molecular formula is C23H31ClN4O6. The van der Waals surface area contributed by atoms with Crippen LogP contribution in [0, 0.1) is 5.92 Å². The number of ether oxygens (including phenoxy) is 1. The van der Waals surface area contributed by atoms with Crippen molar-refractivity contribution in [3.8, 4) is 5.69 Å². The number of rotatable bonds is 8. The van der Waals surface area contributed by atoms with Gasteiger partial charge in [0.15, 0.2) is 0 Å². The van der Waals surface area contributed by atoms with Crippen LogP contribution < -0.4 is 16.6 Å². The Bertz CT molecular complexity index is 1090. The number of benzene rings is 1. The fourth-order valence-corrected chi connectivity index (χ4v) is 4.39. The molecule has 1 amide bonds. The van der Waals surface area contributed by atoms with E-state index in [1.54, 1.807) is 0 Å². The highest BCUT2D eigenvalue weighted by Gasteiger charge is 2.23. The summed E-state index contributed by atoms with van der Waals surface area (Å²) >= 11 is 6.24. The third-order valence-corrected chi connectivity index (χ3v) is 6.36. The highest BCUT2D eigenvalue weighted by Crippen LogP contribution is 2.25. The summed E-state index contributed by atoms with van der Waals surface area (Å²) < 4.78 is 6.63. The normalized spacial score (nSPS) is 16.9. The monoisotopic (exact) mass is 494 g/mol. The first-order valence-corrected chi connectivity index (χ1v) is 11.8. The third-order valence-electron chi connectivity index (χ3n) is 6.03. The molecule has 1 aromatic heterocycles. The summed E-state index contributed by atoms with van der Waals surface area (Å²) in [5.41, 5.74) is -1.19. The number of nitrogens with zero attached hydrogens (tertiary/aromatic N) is 3. The zero-order chi connectivity index (χ0) is 24.7. The van der Waals surface area contributed by atoms with Crippen molar-refractivity contribution in [2.75, 3.05) is 13.7 Å².